The minimum absolute atomic E-state index is 0.00368. The van der Waals surface area contributed by atoms with Crippen LogP contribution in [0.3, 0.4) is 0 Å². The van der Waals surface area contributed by atoms with E-state index in [4.69, 9.17) is 10.5 Å². The summed E-state index contributed by atoms with van der Waals surface area (Å²) in [5.74, 6) is -0.00368. The smallest absolute Gasteiger partial charge is 0.239 e. The Bertz CT molecular complexity index is 563. The lowest BCUT2D eigenvalue weighted by molar-refractivity contribution is -0.121. The molecule has 0 saturated heterocycles. The van der Waals surface area contributed by atoms with Crippen molar-refractivity contribution >= 4 is 22.5 Å². The van der Waals surface area contributed by atoms with E-state index in [1.807, 2.05) is 35.0 Å². The highest BCUT2D eigenvalue weighted by Gasteiger charge is 2.07. The van der Waals surface area contributed by atoms with Gasteiger partial charge in [-0.3, -0.25) is 4.79 Å². The molecule has 0 unspecified atom stereocenters. The molecule has 2 aromatic rings. The number of rotatable bonds is 6. The molecule has 102 valence electrons. The van der Waals surface area contributed by atoms with E-state index < -0.39 is 0 Å². The number of benzene rings is 1. The van der Waals surface area contributed by atoms with Crippen LogP contribution < -0.4 is 11.1 Å². The van der Waals surface area contributed by atoms with E-state index in [1.165, 1.54) is 0 Å². The molecule has 1 aromatic carbocycles. The van der Waals surface area contributed by atoms with Gasteiger partial charge in [-0.1, -0.05) is 6.07 Å². The predicted molar refractivity (Wildman–Crippen MR) is 75.9 cm³/mol. The number of nitrogen functional groups attached to an aromatic ring is 1. The van der Waals surface area contributed by atoms with Crippen molar-refractivity contribution in [1.29, 1.82) is 0 Å². The van der Waals surface area contributed by atoms with Crippen molar-refractivity contribution in [3.8, 4) is 0 Å². The molecule has 0 spiro atoms. The van der Waals surface area contributed by atoms with Crippen molar-refractivity contribution in [3.63, 3.8) is 0 Å². The highest BCUT2D eigenvalue weighted by Crippen LogP contribution is 2.21. The number of carbonyl (C=O) groups is 1. The van der Waals surface area contributed by atoms with Crippen LogP contribution in [0.4, 0.5) is 5.69 Å². The summed E-state index contributed by atoms with van der Waals surface area (Å²) in [5.41, 5.74) is 7.60. The summed E-state index contributed by atoms with van der Waals surface area (Å²) in [6.07, 6.45) is 2.71. The third kappa shape index (κ3) is 3.26. The first-order chi connectivity index (χ1) is 9.22. The number of ether oxygens (including phenoxy) is 1. The van der Waals surface area contributed by atoms with Crippen molar-refractivity contribution < 1.29 is 9.53 Å². The molecule has 1 amide bonds. The Morgan fingerprint density at radius 2 is 2.26 bits per heavy atom. The molecule has 0 saturated carbocycles. The normalized spacial score (nSPS) is 10.8. The number of methoxy groups -OCH3 is 1. The fraction of sp³-hybridized carbons (Fsp3) is 0.357. The highest BCUT2D eigenvalue weighted by atomic mass is 16.5. The molecule has 0 atom stereocenters. The maximum atomic E-state index is 11.8. The minimum atomic E-state index is -0.00368. The zero-order valence-corrected chi connectivity index (χ0v) is 11.1. The van der Waals surface area contributed by atoms with Crippen molar-refractivity contribution in [2.24, 2.45) is 0 Å². The molecule has 19 heavy (non-hydrogen) atoms. The van der Waals surface area contributed by atoms with Gasteiger partial charge in [-0.25, -0.2) is 0 Å². The van der Waals surface area contributed by atoms with E-state index >= 15 is 0 Å². The topological polar surface area (TPSA) is 69.3 Å². The van der Waals surface area contributed by atoms with Crippen LogP contribution in [0.1, 0.15) is 6.42 Å². The van der Waals surface area contributed by atoms with Gasteiger partial charge in [0.15, 0.2) is 0 Å². The summed E-state index contributed by atoms with van der Waals surface area (Å²) >= 11 is 0. The molecule has 0 bridgehead atoms. The van der Waals surface area contributed by atoms with Gasteiger partial charge in [0, 0.05) is 37.5 Å². The molecule has 0 aliphatic rings. The standard InChI is InChI=1S/C14H19N3O2/c1-19-9-3-7-16-14(18)10-17-8-6-11-12(15)4-2-5-13(11)17/h2,4-6,8H,3,7,9-10,15H2,1H3,(H,16,18). The maximum Gasteiger partial charge on any atom is 0.239 e. The number of amides is 1. The Morgan fingerprint density at radius 3 is 3.05 bits per heavy atom. The van der Waals surface area contributed by atoms with E-state index in [9.17, 15) is 4.79 Å². The summed E-state index contributed by atoms with van der Waals surface area (Å²) in [6, 6.07) is 7.65. The van der Waals surface area contributed by atoms with Crippen LogP contribution >= 0.6 is 0 Å². The van der Waals surface area contributed by atoms with Crippen LogP contribution in [0, 0.1) is 0 Å². The number of carbonyl (C=O) groups excluding carboxylic acids is 1. The number of anilines is 1. The zero-order chi connectivity index (χ0) is 13.7. The fourth-order valence-corrected chi connectivity index (χ4v) is 2.04. The zero-order valence-electron chi connectivity index (χ0n) is 11.1. The number of fused-ring (bicyclic) bond motifs is 1. The third-order valence-electron chi connectivity index (χ3n) is 3.01. The molecule has 0 fully saturated rings. The van der Waals surface area contributed by atoms with Gasteiger partial charge in [-0.15, -0.1) is 0 Å². The monoisotopic (exact) mass is 261 g/mol. The van der Waals surface area contributed by atoms with Crippen molar-refractivity contribution in [3.05, 3.63) is 30.5 Å². The second kappa shape index (κ2) is 6.24. The van der Waals surface area contributed by atoms with E-state index in [1.54, 1.807) is 7.11 Å². The van der Waals surface area contributed by atoms with Crippen LogP contribution in [0.15, 0.2) is 30.5 Å². The SMILES string of the molecule is COCCCNC(=O)Cn1ccc2c(N)cccc21. The van der Waals surface area contributed by atoms with Gasteiger partial charge >= 0.3 is 0 Å². The summed E-state index contributed by atoms with van der Waals surface area (Å²) in [6.45, 7) is 1.59. The quantitative estimate of drug-likeness (QED) is 0.609. The van der Waals surface area contributed by atoms with Gasteiger partial charge in [0.25, 0.3) is 0 Å². The molecule has 5 heteroatoms. The summed E-state index contributed by atoms with van der Waals surface area (Å²) < 4.78 is 6.83. The fourth-order valence-electron chi connectivity index (χ4n) is 2.04. The summed E-state index contributed by atoms with van der Waals surface area (Å²) in [5, 5.41) is 3.85. The van der Waals surface area contributed by atoms with Gasteiger partial charge in [-0.05, 0) is 24.6 Å². The molecular formula is C14H19N3O2. The van der Waals surface area contributed by atoms with Gasteiger partial charge in [0.2, 0.25) is 5.91 Å². The van der Waals surface area contributed by atoms with Gasteiger partial charge in [0.1, 0.15) is 6.54 Å². The molecule has 5 nitrogen and oxygen atoms in total. The second-order valence-electron chi connectivity index (χ2n) is 4.42. The maximum absolute atomic E-state index is 11.8. The van der Waals surface area contributed by atoms with E-state index in [2.05, 4.69) is 5.32 Å². The Morgan fingerprint density at radius 1 is 1.42 bits per heavy atom. The van der Waals surface area contributed by atoms with E-state index in [-0.39, 0.29) is 5.91 Å². The van der Waals surface area contributed by atoms with E-state index in [0.29, 0.717) is 19.7 Å². The van der Waals surface area contributed by atoms with Crippen LogP contribution in [0.25, 0.3) is 10.9 Å². The Hall–Kier alpha value is -2.01. The number of hydrogen-bond acceptors (Lipinski definition) is 3. The third-order valence-corrected chi connectivity index (χ3v) is 3.01. The minimum Gasteiger partial charge on any atom is -0.398 e. The second-order valence-corrected chi connectivity index (χ2v) is 4.42. The van der Waals surface area contributed by atoms with Crippen molar-refractivity contribution in [1.82, 2.24) is 9.88 Å². The Kier molecular flexibility index (Phi) is 4.41. The molecule has 0 aliphatic carbocycles. The van der Waals surface area contributed by atoms with Crippen LogP contribution in [-0.2, 0) is 16.1 Å². The number of nitrogens with zero attached hydrogens (tertiary/aromatic N) is 1. The van der Waals surface area contributed by atoms with Crippen LogP contribution in [-0.4, -0.2) is 30.7 Å². The molecular weight excluding hydrogens is 242 g/mol. The lowest BCUT2D eigenvalue weighted by Crippen LogP contribution is -2.28. The highest BCUT2D eigenvalue weighted by molar-refractivity contribution is 5.92. The van der Waals surface area contributed by atoms with Crippen LogP contribution in [0.2, 0.25) is 0 Å². The first-order valence-electron chi connectivity index (χ1n) is 6.31. The average Bonchev–Trinajstić information content (AvgIpc) is 2.80. The molecule has 1 aromatic heterocycles. The molecule has 0 radical (unpaired) electrons. The lowest BCUT2D eigenvalue weighted by atomic mass is 10.2. The summed E-state index contributed by atoms with van der Waals surface area (Å²) in [7, 11) is 1.65. The Balaban J connectivity index is 1.98. The number of nitrogens with one attached hydrogen (secondary N) is 1. The van der Waals surface area contributed by atoms with E-state index in [0.717, 1.165) is 23.0 Å². The van der Waals surface area contributed by atoms with Gasteiger partial charge in [0.05, 0.1) is 5.52 Å². The molecule has 3 N–H and O–H groups in total. The van der Waals surface area contributed by atoms with Gasteiger partial charge < -0.3 is 20.4 Å². The number of nitrogens with two attached hydrogens (primary N) is 1. The molecule has 1 heterocycles. The first kappa shape index (κ1) is 13.4. The molecule has 2 rings (SSSR count). The Labute approximate surface area is 112 Å². The van der Waals surface area contributed by atoms with Crippen LogP contribution in [0.5, 0.6) is 0 Å². The van der Waals surface area contributed by atoms with Crippen molar-refractivity contribution in [2.75, 3.05) is 26.0 Å². The van der Waals surface area contributed by atoms with Crippen molar-refractivity contribution in [2.45, 2.75) is 13.0 Å². The van der Waals surface area contributed by atoms with Gasteiger partial charge in [-0.2, -0.15) is 0 Å². The largest absolute Gasteiger partial charge is 0.398 e. The number of aromatic nitrogens is 1. The first-order valence-corrected chi connectivity index (χ1v) is 6.31. The average molecular weight is 261 g/mol. The summed E-state index contributed by atoms with van der Waals surface area (Å²) in [4.78, 5) is 11.8. The number of hydrogen-bond donors (Lipinski definition) is 2. The predicted octanol–water partition coefficient (Wildman–Crippen LogP) is 1.38. The molecule has 0 aliphatic heterocycles. The lowest BCUT2D eigenvalue weighted by Gasteiger charge is -2.07.